The van der Waals surface area contributed by atoms with E-state index in [1.54, 1.807) is 0 Å². The summed E-state index contributed by atoms with van der Waals surface area (Å²) < 4.78 is 16.8. The molecule has 0 aliphatic heterocycles. The smallest absolute Gasteiger partial charge is 0.306 e. The van der Waals surface area contributed by atoms with Crippen LogP contribution in [0.15, 0.2) is 72.9 Å². The summed E-state index contributed by atoms with van der Waals surface area (Å²) in [6.07, 6.45) is 68.9. The summed E-state index contributed by atoms with van der Waals surface area (Å²) in [6.45, 7) is 6.47. The highest BCUT2D eigenvalue weighted by Gasteiger charge is 2.19. The van der Waals surface area contributed by atoms with E-state index in [0.29, 0.717) is 19.3 Å². The Labute approximate surface area is 408 Å². The molecule has 66 heavy (non-hydrogen) atoms. The van der Waals surface area contributed by atoms with Crippen LogP contribution < -0.4 is 0 Å². The highest BCUT2D eigenvalue weighted by Crippen LogP contribution is 2.16. The van der Waals surface area contributed by atoms with E-state index in [-0.39, 0.29) is 31.1 Å². The average Bonchev–Trinajstić information content (AvgIpc) is 3.31. The molecule has 0 aliphatic rings. The molecule has 0 saturated heterocycles. The Kier molecular flexibility index (Phi) is 51.9. The Morgan fingerprint density at radius 2 is 0.606 bits per heavy atom. The molecule has 0 aliphatic carbocycles. The first-order valence-electron chi connectivity index (χ1n) is 28.0. The zero-order valence-corrected chi connectivity index (χ0v) is 43.4. The lowest BCUT2D eigenvalue weighted by molar-refractivity contribution is -0.167. The molecule has 0 aromatic carbocycles. The average molecular weight is 921 g/mol. The van der Waals surface area contributed by atoms with E-state index < -0.39 is 6.10 Å². The second kappa shape index (κ2) is 54.5. The minimum atomic E-state index is -0.796. The molecule has 0 bridgehead atoms. The van der Waals surface area contributed by atoms with Crippen LogP contribution >= 0.6 is 0 Å². The Morgan fingerprint density at radius 3 is 0.985 bits per heavy atom. The van der Waals surface area contributed by atoms with Crippen molar-refractivity contribution in [2.75, 3.05) is 13.2 Å². The molecule has 0 heterocycles. The number of hydrogen-bond donors (Lipinski definition) is 0. The van der Waals surface area contributed by atoms with Gasteiger partial charge in [0, 0.05) is 19.3 Å². The van der Waals surface area contributed by atoms with E-state index >= 15 is 0 Å². The van der Waals surface area contributed by atoms with Crippen LogP contribution in [0, 0.1) is 0 Å². The number of esters is 3. The summed E-state index contributed by atoms with van der Waals surface area (Å²) in [4.78, 5) is 38.1. The maximum atomic E-state index is 12.8. The molecule has 0 N–H and O–H groups in total. The predicted molar refractivity (Wildman–Crippen MR) is 284 cm³/mol. The van der Waals surface area contributed by atoms with Crippen molar-refractivity contribution < 1.29 is 28.6 Å². The van der Waals surface area contributed by atoms with Crippen LogP contribution in [0.2, 0.25) is 0 Å². The molecular formula is C60H104O6. The zero-order valence-electron chi connectivity index (χ0n) is 43.4. The van der Waals surface area contributed by atoms with Gasteiger partial charge < -0.3 is 14.2 Å². The van der Waals surface area contributed by atoms with Crippen molar-refractivity contribution in [3.05, 3.63) is 72.9 Å². The highest BCUT2D eigenvalue weighted by molar-refractivity contribution is 5.71. The van der Waals surface area contributed by atoms with E-state index in [1.165, 1.54) is 148 Å². The first-order valence-corrected chi connectivity index (χ1v) is 28.0. The van der Waals surface area contributed by atoms with Crippen LogP contribution in [-0.4, -0.2) is 37.2 Å². The molecule has 0 saturated carbocycles. The van der Waals surface area contributed by atoms with E-state index in [1.807, 2.05) is 48.6 Å². The summed E-state index contributed by atoms with van der Waals surface area (Å²) in [5.74, 6) is -0.934. The summed E-state index contributed by atoms with van der Waals surface area (Å²) in [7, 11) is 0. The fraction of sp³-hybridized carbons (Fsp3) is 0.750. The number of unbranched alkanes of at least 4 members (excludes halogenated alkanes) is 31. The maximum absolute atomic E-state index is 12.8. The molecule has 0 rings (SSSR count). The fourth-order valence-corrected chi connectivity index (χ4v) is 7.87. The van der Waals surface area contributed by atoms with Crippen LogP contribution in [0.25, 0.3) is 0 Å². The predicted octanol–water partition coefficient (Wildman–Crippen LogP) is 18.6. The van der Waals surface area contributed by atoms with Gasteiger partial charge in [0.1, 0.15) is 13.2 Å². The largest absolute Gasteiger partial charge is 0.462 e. The quantitative estimate of drug-likeness (QED) is 0.0199. The Balaban J connectivity index is 4.44. The van der Waals surface area contributed by atoms with Gasteiger partial charge in [-0.1, -0.05) is 261 Å². The van der Waals surface area contributed by atoms with E-state index in [4.69, 9.17) is 14.2 Å². The third-order valence-corrected chi connectivity index (χ3v) is 12.1. The minimum Gasteiger partial charge on any atom is -0.462 e. The standard InChI is InChI=1S/C60H104O6/c1-4-7-10-13-16-19-22-25-28-30-33-35-38-41-44-47-50-53-59(62)65-56-57(55-64-58(61)52-49-46-43-40-37-34-31-27-24-21-18-15-12-9-6-3)66-60(63)54-51-48-45-42-39-36-32-29-26-23-20-17-14-11-8-5-2/h9,12,15,18,21,24,27,29,31-32,34,37,57H,4-8,10-11,13-14,16-17,19-20,22-23,25-26,28,30,33,35-36,38-56H2,1-3H3/b12-9-,18-15-,24-21-,31-27-,32-29-,37-34-. The maximum Gasteiger partial charge on any atom is 0.306 e. The molecule has 0 spiro atoms. The number of carbonyl (C=O) groups is 3. The van der Waals surface area contributed by atoms with Gasteiger partial charge in [-0.2, -0.15) is 0 Å². The molecule has 6 nitrogen and oxygen atoms in total. The molecular weight excluding hydrogens is 817 g/mol. The van der Waals surface area contributed by atoms with E-state index in [2.05, 4.69) is 45.1 Å². The van der Waals surface area contributed by atoms with Crippen LogP contribution in [0.5, 0.6) is 0 Å². The van der Waals surface area contributed by atoms with Crippen molar-refractivity contribution in [3.8, 4) is 0 Å². The first kappa shape index (κ1) is 62.8. The van der Waals surface area contributed by atoms with Crippen molar-refractivity contribution >= 4 is 17.9 Å². The van der Waals surface area contributed by atoms with Gasteiger partial charge in [-0.25, -0.2) is 0 Å². The molecule has 0 fully saturated rings. The third-order valence-electron chi connectivity index (χ3n) is 12.1. The molecule has 0 amide bonds. The summed E-state index contributed by atoms with van der Waals surface area (Å²) in [5.41, 5.74) is 0. The molecule has 0 aromatic rings. The van der Waals surface area contributed by atoms with Crippen LogP contribution in [0.4, 0.5) is 0 Å². The second-order valence-corrected chi connectivity index (χ2v) is 18.6. The first-order chi connectivity index (χ1) is 32.5. The van der Waals surface area contributed by atoms with Gasteiger partial charge in [-0.15, -0.1) is 0 Å². The van der Waals surface area contributed by atoms with Crippen molar-refractivity contribution in [2.45, 2.75) is 277 Å². The van der Waals surface area contributed by atoms with Gasteiger partial charge >= 0.3 is 17.9 Å². The third kappa shape index (κ3) is 51.8. The Morgan fingerprint density at radius 1 is 0.318 bits per heavy atom. The van der Waals surface area contributed by atoms with Crippen LogP contribution in [-0.2, 0) is 28.6 Å². The van der Waals surface area contributed by atoms with Gasteiger partial charge in [0.05, 0.1) is 0 Å². The number of ether oxygens (including phenoxy) is 3. The summed E-state index contributed by atoms with van der Waals surface area (Å²) >= 11 is 0. The fourth-order valence-electron chi connectivity index (χ4n) is 7.87. The lowest BCUT2D eigenvalue weighted by Gasteiger charge is -2.18. The lowest BCUT2D eigenvalue weighted by atomic mass is 10.0. The van der Waals surface area contributed by atoms with Crippen molar-refractivity contribution in [2.24, 2.45) is 0 Å². The highest BCUT2D eigenvalue weighted by atomic mass is 16.6. The molecule has 0 radical (unpaired) electrons. The van der Waals surface area contributed by atoms with Crippen LogP contribution in [0.1, 0.15) is 271 Å². The number of carbonyl (C=O) groups excluding carboxylic acids is 3. The monoisotopic (exact) mass is 921 g/mol. The lowest BCUT2D eigenvalue weighted by Crippen LogP contribution is -2.30. The van der Waals surface area contributed by atoms with E-state index in [9.17, 15) is 14.4 Å². The molecule has 0 aromatic heterocycles. The van der Waals surface area contributed by atoms with Crippen LogP contribution in [0.3, 0.4) is 0 Å². The SMILES string of the molecule is CC\C=C/C=C\C=C/C=C\C=C/CCCCCC(=O)OCC(COC(=O)CCCCCCCCCCCCCCCCCCC)OC(=O)CCCCCCC/C=C\CCCCCCCCC. The topological polar surface area (TPSA) is 78.9 Å². The number of rotatable bonds is 50. The van der Waals surface area contributed by atoms with Crippen molar-refractivity contribution in [3.63, 3.8) is 0 Å². The van der Waals surface area contributed by atoms with Gasteiger partial charge in [-0.05, 0) is 64.2 Å². The Hall–Kier alpha value is -3.15. The minimum absolute atomic E-state index is 0.0904. The molecule has 380 valence electrons. The molecule has 6 heteroatoms. The second-order valence-electron chi connectivity index (χ2n) is 18.6. The summed E-state index contributed by atoms with van der Waals surface area (Å²) in [5, 5.41) is 0. The Bertz CT molecular complexity index is 1240. The molecule has 1 atom stereocenters. The number of hydrogen-bond acceptors (Lipinski definition) is 6. The van der Waals surface area contributed by atoms with Gasteiger partial charge in [0.2, 0.25) is 0 Å². The van der Waals surface area contributed by atoms with Gasteiger partial charge in [0.15, 0.2) is 6.10 Å². The van der Waals surface area contributed by atoms with Crippen molar-refractivity contribution in [1.29, 1.82) is 0 Å². The van der Waals surface area contributed by atoms with Gasteiger partial charge in [0.25, 0.3) is 0 Å². The normalized spacial score (nSPS) is 12.6. The van der Waals surface area contributed by atoms with Crippen molar-refractivity contribution in [1.82, 2.24) is 0 Å². The molecule has 1 unspecified atom stereocenters. The zero-order chi connectivity index (χ0) is 47.9. The van der Waals surface area contributed by atoms with Gasteiger partial charge in [-0.3, -0.25) is 14.4 Å². The number of allylic oxidation sites excluding steroid dienone is 12. The summed E-state index contributed by atoms with van der Waals surface area (Å²) in [6, 6.07) is 0. The van der Waals surface area contributed by atoms with E-state index in [0.717, 1.165) is 83.5 Å².